The van der Waals surface area contributed by atoms with E-state index in [0.717, 1.165) is 31.5 Å². The number of rotatable bonds is 7. The number of hydrogen-bond acceptors (Lipinski definition) is 5. The van der Waals surface area contributed by atoms with E-state index >= 15 is 0 Å². The monoisotopic (exact) mass is 368 g/mol. The molecule has 0 spiro atoms. The zero-order valence-electron chi connectivity index (χ0n) is 14.5. The van der Waals surface area contributed by atoms with E-state index in [2.05, 4.69) is 4.72 Å². The minimum absolute atomic E-state index is 0.135. The van der Waals surface area contributed by atoms with Crippen molar-refractivity contribution in [1.29, 1.82) is 0 Å². The maximum absolute atomic E-state index is 12.1. The van der Waals surface area contributed by atoms with E-state index < -0.39 is 22.1 Å². The van der Waals surface area contributed by atoms with Crippen molar-refractivity contribution < 1.29 is 22.7 Å². The quantitative estimate of drug-likeness (QED) is 0.727. The number of esters is 1. The van der Waals surface area contributed by atoms with Gasteiger partial charge in [-0.1, -0.05) is 12.1 Å². The van der Waals surface area contributed by atoms with Gasteiger partial charge >= 0.3 is 5.97 Å². The van der Waals surface area contributed by atoms with Gasteiger partial charge in [-0.3, -0.25) is 9.59 Å². The smallest absolute Gasteiger partial charge is 0.306 e. The lowest BCUT2D eigenvalue weighted by Crippen LogP contribution is -2.38. The number of benzene rings is 1. The summed E-state index contributed by atoms with van der Waals surface area (Å²) in [6.07, 6.45) is 1.77. The molecule has 0 radical (unpaired) electrons. The molecular formula is C17H24N2O5S. The van der Waals surface area contributed by atoms with Gasteiger partial charge in [0, 0.05) is 19.5 Å². The van der Waals surface area contributed by atoms with Gasteiger partial charge in [0.2, 0.25) is 10.0 Å². The molecule has 1 fully saturated rings. The third-order valence-electron chi connectivity index (χ3n) is 4.19. The first kappa shape index (κ1) is 19.4. The van der Waals surface area contributed by atoms with E-state index in [0.29, 0.717) is 6.42 Å². The predicted molar refractivity (Wildman–Crippen MR) is 92.4 cm³/mol. The molecule has 0 saturated carbocycles. The Hall–Kier alpha value is -1.93. The summed E-state index contributed by atoms with van der Waals surface area (Å²) in [5, 5.41) is 0. The van der Waals surface area contributed by atoms with Gasteiger partial charge in [-0.2, -0.15) is 0 Å². The number of aryl methyl sites for hydroxylation is 1. The van der Waals surface area contributed by atoms with Crippen LogP contribution in [0.3, 0.4) is 0 Å². The first-order valence-electron chi connectivity index (χ1n) is 8.34. The van der Waals surface area contributed by atoms with Gasteiger partial charge in [0.25, 0.3) is 5.91 Å². The maximum atomic E-state index is 12.1. The van der Waals surface area contributed by atoms with Gasteiger partial charge < -0.3 is 9.64 Å². The minimum atomic E-state index is -3.46. The average molecular weight is 368 g/mol. The topological polar surface area (TPSA) is 92.8 Å². The molecule has 1 aliphatic heterocycles. The Labute approximate surface area is 148 Å². The average Bonchev–Trinajstić information content (AvgIpc) is 3.14. The molecule has 8 heteroatoms. The van der Waals surface area contributed by atoms with Crippen LogP contribution in [0, 0.1) is 0 Å². The van der Waals surface area contributed by atoms with Gasteiger partial charge in [0.05, 0.1) is 4.90 Å². The van der Waals surface area contributed by atoms with Crippen LogP contribution >= 0.6 is 0 Å². The van der Waals surface area contributed by atoms with Crippen molar-refractivity contribution >= 4 is 21.9 Å². The van der Waals surface area contributed by atoms with Gasteiger partial charge in [-0.15, -0.1) is 0 Å². The van der Waals surface area contributed by atoms with E-state index in [-0.39, 0.29) is 17.2 Å². The molecule has 1 N–H and O–H groups in total. The fourth-order valence-corrected chi connectivity index (χ4v) is 3.43. The zero-order chi connectivity index (χ0) is 18.4. The number of hydrogen-bond donors (Lipinski definition) is 1. The number of amides is 1. The maximum Gasteiger partial charge on any atom is 0.306 e. The van der Waals surface area contributed by atoms with Gasteiger partial charge in [0.15, 0.2) is 6.10 Å². The molecule has 1 aromatic carbocycles. The van der Waals surface area contributed by atoms with E-state index in [9.17, 15) is 18.0 Å². The molecule has 1 aliphatic rings. The summed E-state index contributed by atoms with van der Waals surface area (Å²) >= 11 is 0. The molecular weight excluding hydrogens is 344 g/mol. The molecule has 0 bridgehead atoms. The Balaban J connectivity index is 1.82. The summed E-state index contributed by atoms with van der Waals surface area (Å²) in [6, 6.07) is 6.31. The van der Waals surface area contributed by atoms with Crippen LogP contribution in [0.15, 0.2) is 29.2 Å². The van der Waals surface area contributed by atoms with Crippen LogP contribution in [-0.2, 0) is 30.8 Å². The molecule has 1 saturated heterocycles. The second-order valence-electron chi connectivity index (χ2n) is 6.02. The molecule has 0 aliphatic carbocycles. The van der Waals surface area contributed by atoms with Crippen molar-refractivity contribution in [3.63, 3.8) is 0 Å². The second kappa shape index (κ2) is 8.44. The fourth-order valence-electron chi connectivity index (χ4n) is 2.70. The standard InChI is InChI=1S/C17H24N2O5S/c1-13(17(21)19-11-3-4-12-19)24-16(20)10-7-14-5-8-15(9-6-14)25(22,23)18-2/h5-6,8-9,13,18H,3-4,7,10-12H2,1-2H3. The molecule has 25 heavy (non-hydrogen) atoms. The number of sulfonamides is 1. The highest BCUT2D eigenvalue weighted by Gasteiger charge is 2.25. The van der Waals surface area contributed by atoms with Crippen molar-refractivity contribution in [2.24, 2.45) is 0 Å². The summed E-state index contributed by atoms with van der Waals surface area (Å²) < 4.78 is 30.8. The highest BCUT2D eigenvalue weighted by atomic mass is 32.2. The van der Waals surface area contributed by atoms with Gasteiger partial charge in [-0.25, -0.2) is 13.1 Å². The van der Waals surface area contributed by atoms with Crippen LogP contribution in [0.1, 0.15) is 31.7 Å². The Morgan fingerprint density at radius 1 is 1.20 bits per heavy atom. The third-order valence-corrected chi connectivity index (χ3v) is 5.62. The SMILES string of the molecule is CNS(=O)(=O)c1ccc(CCC(=O)OC(C)C(=O)N2CCCC2)cc1. The lowest BCUT2D eigenvalue weighted by molar-refractivity contribution is -0.158. The second-order valence-corrected chi connectivity index (χ2v) is 7.90. The number of carbonyl (C=O) groups is 2. The molecule has 7 nitrogen and oxygen atoms in total. The van der Waals surface area contributed by atoms with Crippen LogP contribution < -0.4 is 4.72 Å². The molecule has 138 valence electrons. The molecule has 0 aromatic heterocycles. The summed E-state index contributed by atoms with van der Waals surface area (Å²) in [6.45, 7) is 3.04. The Morgan fingerprint density at radius 3 is 2.36 bits per heavy atom. The molecule has 1 unspecified atom stereocenters. The van der Waals surface area contributed by atoms with Crippen molar-refractivity contribution in [3.8, 4) is 0 Å². The molecule has 1 heterocycles. The number of likely N-dealkylation sites (tertiary alicyclic amines) is 1. The van der Waals surface area contributed by atoms with Gasteiger partial charge in [0.1, 0.15) is 0 Å². The Morgan fingerprint density at radius 2 is 1.80 bits per heavy atom. The minimum Gasteiger partial charge on any atom is -0.453 e. The lowest BCUT2D eigenvalue weighted by Gasteiger charge is -2.20. The number of carbonyl (C=O) groups excluding carboxylic acids is 2. The zero-order valence-corrected chi connectivity index (χ0v) is 15.3. The van der Waals surface area contributed by atoms with Crippen molar-refractivity contribution in [3.05, 3.63) is 29.8 Å². The highest BCUT2D eigenvalue weighted by Crippen LogP contribution is 2.13. The molecule has 2 rings (SSSR count). The van der Waals surface area contributed by atoms with Crippen molar-refractivity contribution in [2.75, 3.05) is 20.1 Å². The molecule has 1 atom stereocenters. The van der Waals surface area contributed by atoms with Gasteiger partial charge in [-0.05, 0) is 50.9 Å². The summed E-state index contributed by atoms with van der Waals surface area (Å²) in [5.74, 6) is -0.584. The summed E-state index contributed by atoms with van der Waals surface area (Å²) in [7, 11) is -2.11. The number of nitrogens with zero attached hydrogens (tertiary/aromatic N) is 1. The largest absolute Gasteiger partial charge is 0.453 e. The van der Waals surface area contributed by atoms with Crippen LogP contribution in [0.4, 0.5) is 0 Å². The van der Waals surface area contributed by atoms with E-state index in [1.54, 1.807) is 24.0 Å². The fraction of sp³-hybridized carbons (Fsp3) is 0.529. The summed E-state index contributed by atoms with van der Waals surface area (Å²) in [5.41, 5.74) is 0.825. The van der Waals surface area contributed by atoms with E-state index in [4.69, 9.17) is 4.74 Å². The van der Waals surface area contributed by atoms with Crippen LogP contribution in [-0.4, -0.2) is 51.4 Å². The van der Waals surface area contributed by atoms with E-state index in [1.165, 1.54) is 19.2 Å². The number of nitrogens with one attached hydrogen (secondary N) is 1. The summed E-state index contributed by atoms with van der Waals surface area (Å²) in [4.78, 5) is 25.9. The van der Waals surface area contributed by atoms with Crippen LogP contribution in [0.25, 0.3) is 0 Å². The number of ether oxygens (including phenoxy) is 1. The Bertz CT molecular complexity index is 709. The lowest BCUT2D eigenvalue weighted by atomic mass is 10.1. The molecule has 1 amide bonds. The van der Waals surface area contributed by atoms with Crippen LogP contribution in [0.2, 0.25) is 0 Å². The first-order valence-corrected chi connectivity index (χ1v) is 9.82. The normalized spacial score (nSPS) is 15.8. The predicted octanol–water partition coefficient (Wildman–Crippen LogP) is 1.08. The Kier molecular flexibility index (Phi) is 6.55. The third kappa shape index (κ3) is 5.27. The highest BCUT2D eigenvalue weighted by molar-refractivity contribution is 7.89. The first-order chi connectivity index (χ1) is 11.8. The van der Waals surface area contributed by atoms with Crippen molar-refractivity contribution in [2.45, 2.75) is 43.6 Å². The molecule has 1 aromatic rings. The van der Waals surface area contributed by atoms with Crippen molar-refractivity contribution in [1.82, 2.24) is 9.62 Å². The van der Waals surface area contributed by atoms with Crippen LogP contribution in [0.5, 0.6) is 0 Å². The van der Waals surface area contributed by atoms with E-state index in [1.807, 2.05) is 0 Å².